The number of rotatable bonds is 6. The number of carbonyl (C=O) groups is 1. The molecular weight excluding hydrogens is 336 g/mol. The topological polar surface area (TPSA) is 50.8 Å². The zero-order valence-corrected chi connectivity index (χ0v) is 16.3. The Hall–Kier alpha value is -1.66. The van der Waals surface area contributed by atoms with Crippen molar-refractivity contribution in [2.24, 2.45) is 5.92 Å². The fourth-order valence-electron chi connectivity index (χ4n) is 2.96. The van der Waals surface area contributed by atoms with Gasteiger partial charge in [-0.15, -0.1) is 0 Å². The van der Waals surface area contributed by atoms with Gasteiger partial charge in [0.25, 0.3) is 0 Å². The van der Waals surface area contributed by atoms with Crippen molar-refractivity contribution in [2.45, 2.75) is 45.4 Å². The Kier molecular flexibility index (Phi) is 6.79. The molecule has 2 atom stereocenters. The van der Waals surface area contributed by atoms with E-state index in [1.54, 1.807) is 7.11 Å². The van der Waals surface area contributed by atoms with E-state index in [4.69, 9.17) is 21.7 Å². The van der Waals surface area contributed by atoms with E-state index in [2.05, 4.69) is 22.3 Å². The summed E-state index contributed by atoms with van der Waals surface area (Å²) in [6.07, 6.45) is 0.355. The number of amides is 1. The van der Waals surface area contributed by atoms with Gasteiger partial charge in [-0.05, 0) is 26.3 Å². The summed E-state index contributed by atoms with van der Waals surface area (Å²) in [6.45, 7) is 7.59. The van der Waals surface area contributed by atoms with Gasteiger partial charge in [-0.1, -0.05) is 42.5 Å². The van der Waals surface area contributed by atoms with Crippen LogP contribution >= 0.6 is 12.2 Å². The number of likely N-dealkylation sites (tertiary alicyclic amines) is 1. The van der Waals surface area contributed by atoms with E-state index in [1.807, 2.05) is 39.0 Å². The summed E-state index contributed by atoms with van der Waals surface area (Å²) < 4.78 is 10.7. The van der Waals surface area contributed by atoms with Gasteiger partial charge in [-0.2, -0.15) is 0 Å². The van der Waals surface area contributed by atoms with Crippen LogP contribution in [0.1, 0.15) is 32.8 Å². The molecular formula is C19H28N2O3S. The maximum absolute atomic E-state index is 12.1. The molecule has 6 heteroatoms. The van der Waals surface area contributed by atoms with E-state index < -0.39 is 11.7 Å². The number of hydrogen-bond acceptors (Lipinski definition) is 4. The summed E-state index contributed by atoms with van der Waals surface area (Å²) in [5, 5.41) is 2.95. The second kappa shape index (κ2) is 8.63. The lowest BCUT2D eigenvalue weighted by atomic mass is 10.00. The maximum Gasteiger partial charge on any atom is 0.407 e. The van der Waals surface area contributed by atoms with E-state index in [0.29, 0.717) is 6.61 Å². The van der Waals surface area contributed by atoms with Crippen LogP contribution in [-0.4, -0.2) is 47.9 Å². The molecule has 138 valence electrons. The second-order valence-corrected chi connectivity index (χ2v) is 7.90. The van der Waals surface area contributed by atoms with Crippen LogP contribution in [0, 0.1) is 5.92 Å². The van der Waals surface area contributed by atoms with E-state index in [9.17, 15) is 4.79 Å². The van der Waals surface area contributed by atoms with Crippen LogP contribution in [0.2, 0.25) is 0 Å². The van der Waals surface area contributed by atoms with E-state index in [1.165, 1.54) is 5.56 Å². The minimum absolute atomic E-state index is 0.126. The molecule has 0 aromatic heterocycles. The Labute approximate surface area is 155 Å². The number of hydrogen-bond donors (Lipinski definition) is 1. The van der Waals surface area contributed by atoms with E-state index >= 15 is 0 Å². The number of thiocarbonyl (C=S) groups is 1. The lowest BCUT2D eigenvalue weighted by Gasteiger charge is -2.27. The smallest absolute Gasteiger partial charge is 0.407 e. The van der Waals surface area contributed by atoms with Gasteiger partial charge in [0.2, 0.25) is 0 Å². The van der Waals surface area contributed by atoms with Crippen LogP contribution in [0.5, 0.6) is 0 Å². The number of ether oxygens (including phenoxy) is 2. The summed E-state index contributed by atoms with van der Waals surface area (Å²) in [5.41, 5.74) is 0.709. The van der Waals surface area contributed by atoms with Crippen molar-refractivity contribution in [1.29, 1.82) is 0 Å². The highest BCUT2D eigenvalue weighted by molar-refractivity contribution is 7.80. The first kappa shape index (κ1) is 19.7. The lowest BCUT2D eigenvalue weighted by Crippen LogP contribution is -2.46. The van der Waals surface area contributed by atoms with Gasteiger partial charge in [0.15, 0.2) is 0 Å². The molecule has 1 aromatic carbocycles. The summed E-state index contributed by atoms with van der Waals surface area (Å²) in [4.78, 5) is 15.3. The first-order valence-corrected chi connectivity index (χ1v) is 8.99. The molecule has 1 heterocycles. The molecule has 25 heavy (non-hydrogen) atoms. The number of methoxy groups -OCH3 is 1. The molecule has 1 unspecified atom stereocenters. The average Bonchev–Trinajstić information content (AvgIpc) is 2.87. The average molecular weight is 365 g/mol. The van der Waals surface area contributed by atoms with E-state index in [-0.39, 0.29) is 12.0 Å². The largest absolute Gasteiger partial charge is 0.444 e. The first-order valence-electron chi connectivity index (χ1n) is 8.58. The first-order chi connectivity index (χ1) is 11.8. The van der Waals surface area contributed by atoms with Crippen LogP contribution < -0.4 is 5.32 Å². The molecule has 2 rings (SSSR count). The molecule has 0 spiro atoms. The van der Waals surface area contributed by atoms with Crippen LogP contribution in [0.3, 0.4) is 0 Å². The minimum Gasteiger partial charge on any atom is -0.444 e. The van der Waals surface area contributed by atoms with Crippen molar-refractivity contribution in [1.82, 2.24) is 10.2 Å². The van der Waals surface area contributed by atoms with Crippen LogP contribution in [0.4, 0.5) is 4.79 Å². The van der Waals surface area contributed by atoms with Gasteiger partial charge in [0, 0.05) is 32.5 Å². The summed E-state index contributed by atoms with van der Waals surface area (Å²) in [5.74, 6) is 0.212. The van der Waals surface area contributed by atoms with Crippen LogP contribution in [-0.2, 0) is 16.0 Å². The van der Waals surface area contributed by atoms with E-state index in [0.717, 1.165) is 24.5 Å². The van der Waals surface area contributed by atoms with Crippen molar-refractivity contribution in [3.05, 3.63) is 35.9 Å². The Morgan fingerprint density at radius 1 is 1.36 bits per heavy atom. The highest BCUT2D eigenvalue weighted by atomic mass is 32.1. The normalized spacial score (nSPS) is 19.0. The predicted molar refractivity (Wildman–Crippen MR) is 103 cm³/mol. The molecule has 5 nitrogen and oxygen atoms in total. The highest BCUT2D eigenvalue weighted by Gasteiger charge is 2.34. The summed E-state index contributed by atoms with van der Waals surface area (Å²) in [7, 11) is 1.64. The Morgan fingerprint density at radius 2 is 2.04 bits per heavy atom. The number of benzene rings is 1. The Bertz CT molecular complexity index is 586. The molecule has 1 amide bonds. The SMILES string of the molecule is COC[C@@H](NC(=O)OC(C)(C)C)C1CC(=S)N(Cc2ccccc2)C1. The Balaban J connectivity index is 1.97. The van der Waals surface area contributed by atoms with Gasteiger partial charge in [-0.25, -0.2) is 4.79 Å². The van der Waals surface area contributed by atoms with Gasteiger partial charge in [0.1, 0.15) is 5.60 Å². The maximum atomic E-state index is 12.1. The fraction of sp³-hybridized carbons (Fsp3) is 0.579. The molecule has 1 fully saturated rings. The number of alkyl carbamates (subject to hydrolysis) is 1. The molecule has 1 N–H and O–H groups in total. The molecule has 0 saturated carbocycles. The highest BCUT2D eigenvalue weighted by Crippen LogP contribution is 2.25. The summed E-state index contributed by atoms with van der Waals surface area (Å²) in [6, 6.07) is 10.1. The minimum atomic E-state index is -0.522. The standard InChI is InChI=1S/C19H28N2O3S/c1-19(2,3)24-18(22)20-16(13-23-4)15-10-17(25)21(12-15)11-14-8-6-5-7-9-14/h5-9,15-16H,10-13H2,1-4H3,(H,20,22)/t15?,16-/m1/s1. The van der Waals surface area contributed by atoms with Crippen molar-refractivity contribution in [3.8, 4) is 0 Å². The zero-order valence-electron chi connectivity index (χ0n) is 15.5. The van der Waals surface area contributed by atoms with Gasteiger partial charge < -0.3 is 19.7 Å². The third-order valence-corrected chi connectivity index (χ3v) is 4.50. The third kappa shape index (κ3) is 6.29. The second-order valence-electron chi connectivity index (χ2n) is 7.43. The van der Waals surface area contributed by atoms with Gasteiger partial charge in [0.05, 0.1) is 17.6 Å². The van der Waals surface area contributed by atoms with Crippen molar-refractivity contribution in [2.75, 3.05) is 20.3 Å². The molecule has 1 aliphatic heterocycles. The van der Waals surface area contributed by atoms with Crippen LogP contribution in [0.25, 0.3) is 0 Å². The van der Waals surface area contributed by atoms with Crippen LogP contribution in [0.15, 0.2) is 30.3 Å². The predicted octanol–water partition coefficient (Wildman–Crippen LogP) is 3.38. The zero-order chi connectivity index (χ0) is 18.4. The van der Waals surface area contributed by atoms with Crippen molar-refractivity contribution >= 4 is 23.3 Å². The summed E-state index contributed by atoms with van der Waals surface area (Å²) >= 11 is 5.56. The molecule has 1 aromatic rings. The number of nitrogens with one attached hydrogen (secondary N) is 1. The molecule has 1 aliphatic rings. The van der Waals surface area contributed by atoms with Gasteiger partial charge >= 0.3 is 6.09 Å². The quantitative estimate of drug-likeness (QED) is 0.784. The molecule has 0 bridgehead atoms. The lowest BCUT2D eigenvalue weighted by molar-refractivity contribution is 0.0434. The van der Waals surface area contributed by atoms with Crippen molar-refractivity contribution < 1.29 is 14.3 Å². The Morgan fingerprint density at radius 3 is 2.64 bits per heavy atom. The monoisotopic (exact) mass is 364 g/mol. The fourth-order valence-corrected chi connectivity index (χ4v) is 3.32. The number of carbonyl (C=O) groups excluding carboxylic acids is 1. The van der Waals surface area contributed by atoms with Gasteiger partial charge in [-0.3, -0.25) is 0 Å². The van der Waals surface area contributed by atoms with Crippen molar-refractivity contribution in [3.63, 3.8) is 0 Å². The third-order valence-electron chi connectivity index (χ3n) is 4.08. The molecule has 0 aliphatic carbocycles. The molecule has 1 saturated heterocycles. The molecule has 0 radical (unpaired) electrons. The number of nitrogens with zero attached hydrogens (tertiary/aromatic N) is 1.